The molecule has 1 heterocycles. The molecule has 1 fully saturated rings. The molecule has 130 valence electrons. The summed E-state index contributed by atoms with van der Waals surface area (Å²) in [5.41, 5.74) is 1.22. The van der Waals surface area contributed by atoms with E-state index in [9.17, 15) is 4.79 Å². The molecule has 0 atom stereocenters. The Hall–Kier alpha value is -0.230. The molecule has 1 amide bonds. The summed E-state index contributed by atoms with van der Waals surface area (Å²) in [4.78, 5) is 16.0. The highest BCUT2D eigenvalue weighted by Crippen LogP contribution is 2.26. The summed E-state index contributed by atoms with van der Waals surface area (Å²) < 4.78 is 1.09. The summed E-state index contributed by atoms with van der Waals surface area (Å²) in [7, 11) is 0. The van der Waals surface area contributed by atoms with E-state index >= 15 is 0 Å². The maximum absolute atomic E-state index is 12.7. The van der Waals surface area contributed by atoms with Gasteiger partial charge in [0.2, 0.25) is 5.91 Å². The first kappa shape index (κ1) is 20.8. The van der Waals surface area contributed by atoms with Crippen LogP contribution in [0.5, 0.6) is 0 Å². The van der Waals surface area contributed by atoms with Gasteiger partial charge in [-0.25, -0.2) is 0 Å². The minimum Gasteiger partial charge on any atom is -0.339 e. The largest absolute Gasteiger partial charge is 0.339 e. The van der Waals surface area contributed by atoms with E-state index in [0.29, 0.717) is 11.8 Å². The molecule has 1 saturated heterocycles. The number of benzene rings is 1. The lowest BCUT2D eigenvalue weighted by molar-refractivity contribution is -0.131. The second-order valence-electron chi connectivity index (χ2n) is 5.77. The van der Waals surface area contributed by atoms with Crippen molar-refractivity contribution in [1.82, 2.24) is 10.2 Å². The predicted octanol–water partition coefficient (Wildman–Crippen LogP) is 4.26. The van der Waals surface area contributed by atoms with Crippen molar-refractivity contribution in [2.75, 3.05) is 25.4 Å². The van der Waals surface area contributed by atoms with Crippen LogP contribution in [0.1, 0.15) is 31.7 Å². The van der Waals surface area contributed by atoms with Crippen LogP contribution < -0.4 is 5.32 Å². The summed E-state index contributed by atoms with van der Waals surface area (Å²) in [5.74, 6) is 0.813. The molecule has 1 aromatic carbocycles. The Morgan fingerprint density at radius 1 is 1.39 bits per heavy atom. The number of nitrogens with one attached hydrogen (secondary N) is 1. The number of hydrogen-bond acceptors (Lipinski definition) is 3. The maximum Gasteiger partial charge on any atom is 0.233 e. The first-order valence-electron chi connectivity index (χ1n) is 8.01. The van der Waals surface area contributed by atoms with Crippen LogP contribution in [-0.2, 0) is 4.79 Å². The number of aryl methyl sites for hydroxylation is 1. The first-order valence-corrected chi connectivity index (χ1v) is 9.78. The van der Waals surface area contributed by atoms with Crippen molar-refractivity contribution in [3.05, 3.63) is 28.2 Å². The quantitative estimate of drug-likeness (QED) is 0.696. The third kappa shape index (κ3) is 6.29. The number of hydrogen-bond donors (Lipinski definition) is 1. The van der Waals surface area contributed by atoms with Crippen LogP contribution in [0.15, 0.2) is 27.6 Å². The third-order valence-electron chi connectivity index (χ3n) is 4.02. The van der Waals surface area contributed by atoms with Gasteiger partial charge in [0.25, 0.3) is 0 Å². The molecule has 1 N–H and O–H groups in total. The van der Waals surface area contributed by atoms with E-state index in [-0.39, 0.29) is 18.3 Å². The van der Waals surface area contributed by atoms with Crippen molar-refractivity contribution in [1.29, 1.82) is 0 Å². The fourth-order valence-electron chi connectivity index (χ4n) is 2.87. The number of carbonyl (C=O) groups is 1. The van der Waals surface area contributed by atoms with Gasteiger partial charge in [0.15, 0.2) is 0 Å². The van der Waals surface area contributed by atoms with Crippen molar-refractivity contribution >= 4 is 46.0 Å². The average molecular weight is 422 g/mol. The Morgan fingerprint density at radius 2 is 2.09 bits per heavy atom. The zero-order valence-corrected chi connectivity index (χ0v) is 17.0. The smallest absolute Gasteiger partial charge is 0.233 e. The topological polar surface area (TPSA) is 32.3 Å². The highest BCUT2D eigenvalue weighted by Gasteiger charge is 2.24. The van der Waals surface area contributed by atoms with Crippen LogP contribution >= 0.6 is 40.1 Å². The lowest BCUT2D eigenvalue weighted by Gasteiger charge is -2.34. The molecule has 0 radical (unpaired) electrons. The molecule has 0 aromatic heterocycles. The number of rotatable bonds is 6. The zero-order valence-electron chi connectivity index (χ0n) is 13.8. The summed E-state index contributed by atoms with van der Waals surface area (Å²) in [6.07, 6.45) is 3.18. The first-order chi connectivity index (χ1) is 10.6. The minimum absolute atomic E-state index is 0. The Balaban J connectivity index is 0.00000264. The van der Waals surface area contributed by atoms with Gasteiger partial charge >= 0.3 is 0 Å². The fourth-order valence-corrected chi connectivity index (χ4v) is 4.24. The summed E-state index contributed by atoms with van der Waals surface area (Å²) in [6, 6.07) is 6.65. The number of thioether (sulfide) groups is 1. The van der Waals surface area contributed by atoms with E-state index in [1.54, 1.807) is 11.8 Å². The van der Waals surface area contributed by atoms with Crippen LogP contribution in [0, 0.1) is 6.92 Å². The normalized spacial score (nSPS) is 15.1. The van der Waals surface area contributed by atoms with Crippen molar-refractivity contribution in [3.63, 3.8) is 0 Å². The van der Waals surface area contributed by atoms with Gasteiger partial charge in [-0.05, 0) is 63.0 Å². The molecule has 0 spiro atoms. The molecule has 3 nitrogen and oxygen atoms in total. The number of amides is 1. The summed E-state index contributed by atoms with van der Waals surface area (Å²) in [6.45, 7) is 7.17. The van der Waals surface area contributed by atoms with E-state index in [1.807, 2.05) is 6.07 Å². The van der Waals surface area contributed by atoms with Crippen LogP contribution in [0.3, 0.4) is 0 Å². The van der Waals surface area contributed by atoms with Gasteiger partial charge in [-0.15, -0.1) is 24.2 Å². The molecule has 0 aliphatic carbocycles. The van der Waals surface area contributed by atoms with Crippen LogP contribution in [0.25, 0.3) is 0 Å². The van der Waals surface area contributed by atoms with E-state index < -0.39 is 0 Å². The number of carbonyl (C=O) groups excluding carboxylic acids is 1. The summed E-state index contributed by atoms with van der Waals surface area (Å²) >= 11 is 5.14. The monoisotopic (exact) mass is 420 g/mol. The van der Waals surface area contributed by atoms with E-state index in [4.69, 9.17) is 0 Å². The van der Waals surface area contributed by atoms with Gasteiger partial charge < -0.3 is 10.2 Å². The van der Waals surface area contributed by atoms with E-state index in [1.165, 1.54) is 10.5 Å². The fraction of sp³-hybridized carbons (Fsp3) is 0.588. The lowest BCUT2D eigenvalue weighted by atomic mass is 10.0. The molecule has 0 bridgehead atoms. The Labute approximate surface area is 158 Å². The molecule has 6 heteroatoms. The predicted molar refractivity (Wildman–Crippen MR) is 105 cm³/mol. The Morgan fingerprint density at radius 3 is 2.70 bits per heavy atom. The van der Waals surface area contributed by atoms with Crippen molar-refractivity contribution in [2.45, 2.75) is 44.0 Å². The van der Waals surface area contributed by atoms with Gasteiger partial charge in [-0.3, -0.25) is 4.79 Å². The molecule has 2 rings (SSSR count). The lowest BCUT2D eigenvalue weighted by Crippen LogP contribution is -2.47. The number of halogens is 2. The molecule has 0 saturated carbocycles. The maximum atomic E-state index is 12.7. The van der Waals surface area contributed by atoms with E-state index in [0.717, 1.165) is 43.4 Å². The Bertz CT molecular complexity index is 509. The molecule has 1 aliphatic heterocycles. The van der Waals surface area contributed by atoms with Crippen molar-refractivity contribution < 1.29 is 4.79 Å². The second kappa shape index (κ2) is 10.6. The highest BCUT2D eigenvalue weighted by molar-refractivity contribution is 9.10. The molecule has 1 aromatic rings. The highest BCUT2D eigenvalue weighted by atomic mass is 79.9. The SMILES string of the molecule is CCCN(C(=O)CSc1ccc(Br)cc1C)C1CCNCC1.Cl. The van der Waals surface area contributed by atoms with Gasteiger partial charge in [-0.1, -0.05) is 22.9 Å². The van der Waals surface area contributed by atoms with Crippen molar-refractivity contribution in [2.24, 2.45) is 0 Å². The molecular weight excluding hydrogens is 396 g/mol. The van der Waals surface area contributed by atoms with Gasteiger partial charge in [0.1, 0.15) is 0 Å². The molecule has 0 unspecified atom stereocenters. The van der Waals surface area contributed by atoms with Gasteiger partial charge in [-0.2, -0.15) is 0 Å². The van der Waals surface area contributed by atoms with Crippen LogP contribution in [0.2, 0.25) is 0 Å². The Kier molecular flexibility index (Phi) is 9.59. The van der Waals surface area contributed by atoms with Gasteiger partial charge in [0, 0.05) is 22.0 Å². The van der Waals surface area contributed by atoms with Crippen LogP contribution in [0.4, 0.5) is 0 Å². The number of nitrogens with zero attached hydrogens (tertiary/aromatic N) is 1. The minimum atomic E-state index is 0. The number of piperidine rings is 1. The van der Waals surface area contributed by atoms with Crippen LogP contribution in [-0.4, -0.2) is 42.2 Å². The average Bonchev–Trinajstić information content (AvgIpc) is 2.52. The third-order valence-corrected chi connectivity index (χ3v) is 5.68. The molecule has 23 heavy (non-hydrogen) atoms. The van der Waals surface area contributed by atoms with Crippen molar-refractivity contribution in [3.8, 4) is 0 Å². The molecular formula is C17H26BrClN2OS. The summed E-state index contributed by atoms with van der Waals surface area (Å²) in [5, 5.41) is 3.37. The standard InChI is InChI=1S/C17H25BrN2OS.ClH/c1-3-10-20(15-6-8-19-9-7-15)17(21)12-22-16-5-4-14(18)11-13(16)2;/h4-5,11,15,19H,3,6-10,12H2,1-2H3;1H. The second-order valence-corrected chi connectivity index (χ2v) is 7.70. The molecule has 1 aliphatic rings. The van der Waals surface area contributed by atoms with Gasteiger partial charge in [0.05, 0.1) is 5.75 Å². The zero-order chi connectivity index (χ0) is 15.9. The van der Waals surface area contributed by atoms with E-state index in [2.05, 4.69) is 52.1 Å².